The number of Topliss-reactive ketones (excluding diaryl/α,β-unsaturated/α-hetero) is 1. The van der Waals surface area contributed by atoms with Gasteiger partial charge in [-0.3, -0.25) is 4.79 Å². The Morgan fingerprint density at radius 2 is 2.00 bits per heavy atom. The van der Waals surface area contributed by atoms with Crippen LogP contribution in [0, 0.1) is 11.8 Å². The maximum Gasteiger partial charge on any atom is 0.143 e. The van der Waals surface area contributed by atoms with Gasteiger partial charge in [0, 0.05) is 49.5 Å². The number of hydrogen-bond acceptors (Lipinski definition) is 4. The van der Waals surface area contributed by atoms with E-state index >= 15 is 0 Å². The second-order valence-electron chi connectivity index (χ2n) is 3.88. The van der Waals surface area contributed by atoms with Gasteiger partial charge in [-0.25, -0.2) is 0 Å². The van der Waals surface area contributed by atoms with Crippen LogP contribution in [0.25, 0.3) is 0 Å². The van der Waals surface area contributed by atoms with E-state index in [0.29, 0.717) is 24.2 Å². The van der Waals surface area contributed by atoms with Crippen LogP contribution in [0.1, 0.15) is 0 Å². The predicted octanol–water partition coefficient (Wildman–Crippen LogP) is -0.191. The van der Waals surface area contributed by atoms with Gasteiger partial charge in [-0.1, -0.05) is 0 Å². The monoisotopic (exact) mass is 200 g/mol. The van der Waals surface area contributed by atoms with E-state index in [2.05, 4.69) is 4.90 Å². The molecular formula is C9H16N2OS. The maximum atomic E-state index is 11.7. The summed E-state index contributed by atoms with van der Waals surface area (Å²) in [5.74, 6) is 3.15. The topological polar surface area (TPSA) is 46.3 Å². The Morgan fingerprint density at radius 1 is 1.38 bits per heavy atom. The molecule has 0 aromatic heterocycles. The number of carbonyl (C=O) groups is 1. The maximum absolute atomic E-state index is 11.7. The van der Waals surface area contributed by atoms with E-state index in [9.17, 15) is 4.79 Å². The van der Waals surface area contributed by atoms with E-state index in [1.54, 1.807) is 0 Å². The SMILES string of the molecule is NCCN1CC2CSCC(C1)C2=O. The van der Waals surface area contributed by atoms with Crippen molar-refractivity contribution in [3.63, 3.8) is 0 Å². The molecule has 0 aliphatic carbocycles. The molecular weight excluding hydrogens is 184 g/mol. The minimum Gasteiger partial charge on any atom is -0.329 e. The summed E-state index contributed by atoms with van der Waals surface area (Å²) in [6.07, 6.45) is 0. The summed E-state index contributed by atoms with van der Waals surface area (Å²) in [5, 5.41) is 0. The van der Waals surface area contributed by atoms with Crippen LogP contribution < -0.4 is 5.73 Å². The molecule has 2 aliphatic heterocycles. The zero-order chi connectivity index (χ0) is 9.26. The molecule has 0 saturated carbocycles. The van der Waals surface area contributed by atoms with E-state index in [-0.39, 0.29) is 0 Å². The first-order valence-corrected chi connectivity index (χ1v) is 6.00. The van der Waals surface area contributed by atoms with Crippen LogP contribution in [-0.4, -0.2) is 48.4 Å². The fourth-order valence-electron chi connectivity index (χ4n) is 2.20. The second kappa shape index (κ2) is 3.98. The zero-order valence-electron chi connectivity index (χ0n) is 7.74. The van der Waals surface area contributed by atoms with Crippen molar-refractivity contribution in [3.8, 4) is 0 Å². The summed E-state index contributed by atoms with van der Waals surface area (Å²) < 4.78 is 0. The smallest absolute Gasteiger partial charge is 0.143 e. The first kappa shape index (κ1) is 9.49. The second-order valence-corrected chi connectivity index (χ2v) is 4.96. The summed E-state index contributed by atoms with van der Waals surface area (Å²) in [5.41, 5.74) is 5.51. The van der Waals surface area contributed by atoms with E-state index < -0.39 is 0 Å². The van der Waals surface area contributed by atoms with Crippen molar-refractivity contribution < 1.29 is 4.79 Å². The molecule has 3 nitrogen and oxygen atoms in total. The molecule has 0 aromatic rings. The highest BCUT2D eigenvalue weighted by Gasteiger charge is 2.37. The predicted molar refractivity (Wildman–Crippen MR) is 54.8 cm³/mol. The molecule has 74 valence electrons. The molecule has 4 heteroatoms. The standard InChI is InChI=1S/C9H16N2OS/c10-1-2-11-3-7-5-13-6-8(4-11)9(7)12/h7-8H,1-6,10H2. The lowest BCUT2D eigenvalue weighted by atomic mass is 9.89. The molecule has 0 amide bonds. The molecule has 2 atom stereocenters. The Kier molecular flexibility index (Phi) is 2.91. The molecule has 0 aromatic carbocycles. The molecule has 2 N–H and O–H groups in total. The molecule has 2 heterocycles. The highest BCUT2D eigenvalue weighted by molar-refractivity contribution is 7.99. The van der Waals surface area contributed by atoms with Crippen molar-refractivity contribution in [2.75, 3.05) is 37.7 Å². The third-order valence-electron chi connectivity index (χ3n) is 2.85. The lowest BCUT2D eigenvalue weighted by Crippen LogP contribution is -2.51. The van der Waals surface area contributed by atoms with E-state index in [1.807, 2.05) is 11.8 Å². The normalized spacial score (nSPS) is 35.0. The Morgan fingerprint density at radius 3 is 2.54 bits per heavy atom. The largest absolute Gasteiger partial charge is 0.329 e. The van der Waals surface area contributed by atoms with Gasteiger partial charge < -0.3 is 10.6 Å². The lowest BCUT2D eigenvalue weighted by molar-refractivity contribution is -0.130. The highest BCUT2D eigenvalue weighted by atomic mass is 32.2. The molecule has 0 spiro atoms. The van der Waals surface area contributed by atoms with Crippen LogP contribution in [0.3, 0.4) is 0 Å². The lowest BCUT2D eigenvalue weighted by Gasteiger charge is -2.39. The summed E-state index contributed by atoms with van der Waals surface area (Å²) in [6, 6.07) is 0. The van der Waals surface area contributed by atoms with Crippen molar-refractivity contribution in [2.24, 2.45) is 17.6 Å². The van der Waals surface area contributed by atoms with Gasteiger partial charge in [0.25, 0.3) is 0 Å². The average Bonchev–Trinajstić information content (AvgIpc) is 2.07. The molecule has 2 aliphatic rings. The van der Waals surface area contributed by atoms with Crippen molar-refractivity contribution >= 4 is 17.5 Å². The Bertz CT molecular complexity index is 194. The fraction of sp³-hybridized carbons (Fsp3) is 0.889. The first-order valence-electron chi connectivity index (χ1n) is 4.85. The minimum atomic E-state index is 0.295. The molecule has 13 heavy (non-hydrogen) atoms. The molecule has 2 unspecified atom stereocenters. The number of fused-ring (bicyclic) bond motifs is 2. The van der Waals surface area contributed by atoms with Gasteiger partial charge in [-0.15, -0.1) is 0 Å². The zero-order valence-corrected chi connectivity index (χ0v) is 8.55. The first-order chi connectivity index (χ1) is 6.31. The number of piperidine rings is 1. The van der Waals surface area contributed by atoms with Gasteiger partial charge >= 0.3 is 0 Å². The number of carbonyl (C=O) groups excluding carboxylic acids is 1. The van der Waals surface area contributed by atoms with Crippen LogP contribution in [0.15, 0.2) is 0 Å². The van der Waals surface area contributed by atoms with Crippen LogP contribution in [0.4, 0.5) is 0 Å². The molecule has 0 radical (unpaired) electrons. The van der Waals surface area contributed by atoms with Crippen molar-refractivity contribution in [3.05, 3.63) is 0 Å². The van der Waals surface area contributed by atoms with Crippen LogP contribution in [-0.2, 0) is 4.79 Å². The Labute approximate surface area is 83.0 Å². The van der Waals surface area contributed by atoms with Gasteiger partial charge in [0.1, 0.15) is 5.78 Å². The summed E-state index contributed by atoms with van der Waals surface area (Å²) in [4.78, 5) is 14.0. The quantitative estimate of drug-likeness (QED) is 0.671. The fourth-order valence-corrected chi connectivity index (χ4v) is 3.44. The van der Waals surface area contributed by atoms with Crippen LogP contribution in [0.2, 0.25) is 0 Å². The van der Waals surface area contributed by atoms with Crippen molar-refractivity contribution in [2.45, 2.75) is 0 Å². The Balaban J connectivity index is 1.99. The van der Waals surface area contributed by atoms with Crippen molar-refractivity contribution in [1.82, 2.24) is 4.90 Å². The van der Waals surface area contributed by atoms with Gasteiger partial charge in [-0.05, 0) is 0 Å². The number of rotatable bonds is 2. The summed E-state index contributed by atoms with van der Waals surface area (Å²) in [7, 11) is 0. The van der Waals surface area contributed by atoms with Gasteiger partial charge in [0.05, 0.1) is 0 Å². The van der Waals surface area contributed by atoms with Gasteiger partial charge in [0.15, 0.2) is 0 Å². The molecule has 2 fully saturated rings. The van der Waals surface area contributed by atoms with E-state index in [4.69, 9.17) is 5.73 Å². The van der Waals surface area contributed by atoms with Gasteiger partial charge in [-0.2, -0.15) is 11.8 Å². The van der Waals surface area contributed by atoms with E-state index in [1.165, 1.54) is 0 Å². The van der Waals surface area contributed by atoms with Crippen molar-refractivity contribution in [1.29, 1.82) is 0 Å². The average molecular weight is 200 g/mol. The van der Waals surface area contributed by atoms with E-state index in [0.717, 1.165) is 31.1 Å². The number of nitrogens with zero attached hydrogens (tertiary/aromatic N) is 1. The number of likely N-dealkylation sites (tertiary alicyclic amines) is 1. The van der Waals surface area contributed by atoms with Gasteiger partial charge in [0.2, 0.25) is 0 Å². The highest BCUT2D eigenvalue weighted by Crippen LogP contribution is 2.29. The molecule has 2 bridgehead atoms. The Hall–Kier alpha value is -0.0600. The van der Waals surface area contributed by atoms with Crippen LogP contribution in [0.5, 0.6) is 0 Å². The summed E-state index contributed by atoms with van der Waals surface area (Å²) in [6.45, 7) is 3.55. The molecule has 2 rings (SSSR count). The third kappa shape index (κ3) is 1.90. The number of ketones is 1. The third-order valence-corrected chi connectivity index (χ3v) is 4.12. The molecule has 2 saturated heterocycles. The number of hydrogen-bond donors (Lipinski definition) is 1. The number of nitrogens with two attached hydrogens (primary N) is 1. The minimum absolute atomic E-state index is 0.295. The van der Waals surface area contributed by atoms with Crippen LogP contribution >= 0.6 is 11.8 Å². The number of thioether (sulfide) groups is 1. The summed E-state index contributed by atoms with van der Waals surface area (Å²) >= 11 is 1.93.